The van der Waals surface area contributed by atoms with Gasteiger partial charge in [0.15, 0.2) is 0 Å². The largest absolute Gasteiger partial charge is 0.426 e. The van der Waals surface area contributed by atoms with E-state index in [0.717, 1.165) is 38.5 Å². The summed E-state index contributed by atoms with van der Waals surface area (Å²) in [5.41, 5.74) is 0. The average Bonchev–Trinajstić information content (AvgIpc) is 2.61. The molecule has 0 N–H and O–H groups in total. The summed E-state index contributed by atoms with van der Waals surface area (Å²) < 4.78 is 32.1. The van der Waals surface area contributed by atoms with Gasteiger partial charge in [-0.3, -0.25) is 0 Å². The van der Waals surface area contributed by atoms with Crippen molar-refractivity contribution < 1.29 is 21.8 Å². The maximum absolute atomic E-state index is 11.5. The van der Waals surface area contributed by atoms with Crippen molar-refractivity contribution in [1.29, 1.82) is 0 Å². The maximum Gasteiger partial charge on any atom is 0.426 e. The smallest absolute Gasteiger partial charge is 0.247 e. The molecule has 0 spiro atoms. The molecule has 0 aromatic rings. The van der Waals surface area contributed by atoms with Crippen molar-refractivity contribution in [2.24, 2.45) is 0 Å². The van der Waals surface area contributed by atoms with Crippen LogP contribution in [0.1, 0.15) is 117 Å². The van der Waals surface area contributed by atoms with Crippen molar-refractivity contribution in [3.05, 3.63) is 0 Å². The van der Waals surface area contributed by atoms with Gasteiger partial charge in [-0.15, -0.1) is 0 Å². The summed E-state index contributed by atoms with van der Waals surface area (Å²) >= 11 is 0. The van der Waals surface area contributed by atoms with Gasteiger partial charge in [0.05, 0.1) is 12.7 Å². The Kier molecular flexibility index (Phi) is 18.1. The zero-order valence-corrected chi connectivity index (χ0v) is 18.2. The molecule has 158 valence electrons. The topological polar surface area (TPSA) is 61.8 Å². The molecule has 0 aromatic carbocycles. The lowest BCUT2D eigenvalue weighted by Crippen LogP contribution is -2.18. The highest BCUT2D eigenvalue weighted by molar-refractivity contribution is 7.81. The Hall–Kier alpha value is -0.170. The molecule has 0 heterocycles. The SMILES string of the molecule is CCCCCCCCCC(CCCCCCCC)OOS(=O)(=O)OCC. The van der Waals surface area contributed by atoms with Gasteiger partial charge in [-0.25, -0.2) is 9.07 Å². The Bertz CT molecular complexity index is 384. The summed E-state index contributed by atoms with van der Waals surface area (Å²) in [6, 6.07) is 0. The van der Waals surface area contributed by atoms with Crippen molar-refractivity contribution in [2.45, 2.75) is 123 Å². The lowest BCUT2D eigenvalue weighted by molar-refractivity contribution is -0.250. The van der Waals surface area contributed by atoms with Gasteiger partial charge in [-0.05, 0) is 19.8 Å². The van der Waals surface area contributed by atoms with Crippen molar-refractivity contribution in [3.63, 3.8) is 0 Å². The molecule has 0 aliphatic heterocycles. The molecule has 0 saturated heterocycles. The predicted octanol–water partition coefficient (Wildman–Crippen LogP) is 6.48. The van der Waals surface area contributed by atoms with Gasteiger partial charge < -0.3 is 0 Å². The Morgan fingerprint density at radius 3 is 1.50 bits per heavy atom. The van der Waals surface area contributed by atoms with Crippen LogP contribution < -0.4 is 0 Å². The predicted molar refractivity (Wildman–Crippen MR) is 107 cm³/mol. The van der Waals surface area contributed by atoms with Gasteiger partial charge >= 0.3 is 10.4 Å². The van der Waals surface area contributed by atoms with Crippen LogP contribution in [0.25, 0.3) is 0 Å². The summed E-state index contributed by atoms with van der Waals surface area (Å²) in [5, 5.41) is 0. The van der Waals surface area contributed by atoms with Crippen LogP contribution >= 0.6 is 0 Å². The van der Waals surface area contributed by atoms with Gasteiger partial charge in [-0.1, -0.05) is 102 Å². The molecule has 6 heteroatoms. The summed E-state index contributed by atoms with van der Waals surface area (Å²) in [4.78, 5) is 5.22. The Balaban J connectivity index is 4.06. The van der Waals surface area contributed by atoms with Gasteiger partial charge in [0.2, 0.25) is 0 Å². The van der Waals surface area contributed by atoms with E-state index in [1.165, 1.54) is 57.8 Å². The second-order valence-corrected chi connectivity index (χ2v) is 8.26. The summed E-state index contributed by atoms with van der Waals surface area (Å²) in [5.74, 6) is 0. The zero-order valence-electron chi connectivity index (χ0n) is 17.3. The van der Waals surface area contributed by atoms with Crippen LogP contribution in [0.5, 0.6) is 0 Å². The fourth-order valence-corrected chi connectivity index (χ4v) is 3.52. The molecule has 0 aliphatic carbocycles. The third-order valence-electron chi connectivity index (χ3n) is 4.53. The molecule has 0 aromatic heterocycles. The number of hydrogen-bond donors (Lipinski definition) is 0. The van der Waals surface area contributed by atoms with Crippen LogP contribution in [0.4, 0.5) is 0 Å². The number of unbranched alkanes of at least 4 members (excludes halogenated alkanes) is 11. The average molecular weight is 395 g/mol. The van der Waals surface area contributed by atoms with E-state index in [-0.39, 0.29) is 12.7 Å². The third kappa shape index (κ3) is 17.3. The molecule has 0 rings (SSSR count). The van der Waals surface area contributed by atoms with Gasteiger partial charge in [-0.2, -0.15) is 8.42 Å². The Labute approximate surface area is 162 Å². The van der Waals surface area contributed by atoms with E-state index in [1.807, 2.05) is 0 Å². The molecule has 0 amide bonds. The quantitative estimate of drug-likeness (QED) is 0.134. The highest BCUT2D eigenvalue weighted by atomic mass is 32.3. The van der Waals surface area contributed by atoms with Crippen LogP contribution in [-0.2, 0) is 23.8 Å². The first-order valence-electron chi connectivity index (χ1n) is 10.8. The number of rotatable bonds is 20. The minimum Gasteiger partial charge on any atom is -0.247 e. The van der Waals surface area contributed by atoms with Crippen LogP contribution in [0.2, 0.25) is 0 Å². The summed E-state index contributed by atoms with van der Waals surface area (Å²) in [7, 11) is -4.04. The van der Waals surface area contributed by atoms with Crippen LogP contribution in [0.3, 0.4) is 0 Å². The Morgan fingerprint density at radius 1 is 0.654 bits per heavy atom. The van der Waals surface area contributed by atoms with Crippen molar-refractivity contribution >= 4 is 10.4 Å². The molecule has 5 nitrogen and oxygen atoms in total. The van der Waals surface area contributed by atoms with E-state index in [1.54, 1.807) is 6.92 Å². The first-order chi connectivity index (χ1) is 12.6. The molecule has 0 aliphatic rings. The van der Waals surface area contributed by atoms with Crippen molar-refractivity contribution in [2.75, 3.05) is 6.61 Å². The minimum atomic E-state index is -4.04. The lowest BCUT2D eigenvalue weighted by atomic mass is 10.0. The van der Waals surface area contributed by atoms with E-state index in [4.69, 9.17) is 4.89 Å². The highest BCUT2D eigenvalue weighted by Crippen LogP contribution is 2.18. The van der Waals surface area contributed by atoms with Crippen LogP contribution in [0.15, 0.2) is 0 Å². The summed E-state index contributed by atoms with van der Waals surface area (Å²) in [6.45, 7) is 6.08. The van der Waals surface area contributed by atoms with Crippen molar-refractivity contribution in [1.82, 2.24) is 0 Å². The molecular formula is C20H42O5S. The lowest BCUT2D eigenvalue weighted by Gasteiger charge is -2.16. The van der Waals surface area contributed by atoms with E-state index in [0.29, 0.717) is 0 Å². The Morgan fingerprint density at radius 2 is 1.08 bits per heavy atom. The van der Waals surface area contributed by atoms with E-state index in [9.17, 15) is 8.42 Å². The monoisotopic (exact) mass is 394 g/mol. The van der Waals surface area contributed by atoms with E-state index in [2.05, 4.69) is 22.4 Å². The number of hydrogen-bond acceptors (Lipinski definition) is 5. The van der Waals surface area contributed by atoms with Gasteiger partial charge in [0.1, 0.15) is 0 Å². The van der Waals surface area contributed by atoms with E-state index >= 15 is 0 Å². The van der Waals surface area contributed by atoms with Crippen LogP contribution in [-0.4, -0.2) is 21.1 Å². The molecule has 1 unspecified atom stereocenters. The van der Waals surface area contributed by atoms with Crippen LogP contribution in [0, 0.1) is 0 Å². The second kappa shape index (κ2) is 18.2. The molecule has 1 atom stereocenters. The molecule has 0 fully saturated rings. The molecular weight excluding hydrogens is 352 g/mol. The highest BCUT2D eigenvalue weighted by Gasteiger charge is 2.17. The minimum absolute atomic E-state index is 0.0472. The van der Waals surface area contributed by atoms with Crippen molar-refractivity contribution in [3.8, 4) is 0 Å². The van der Waals surface area contributed by atoms with E-state index < -0.39 is 10.4 Å². The summed E-state index contributed by atoms with van der Waals surface area (Å²) in [6.07, 6.45) is 17.4. The normalized spacial score (nSPS) is 13.2. The second-order valence-electron chi connectivity index (χ2n) is 7.07. The molecule has 0 bridgehead atoms. The van der Waals surface area contributed by atoms with Gasteiger partial charge in [0, 0.05) is 0 Å². The standard InChI is InChI=1S/C20H42O5S/c1-4-7-9-11-13-15-17-19-20(18-16-14-12-10-8-5-2)24-25-26(21,22)23-6-3/h20H,4-19H2,1-3H3. The first kappa shape index (κ1) is 25.8. The van der Waals surface area contributed by atoms with Gasteiger partial charge in [0.25, 0.3) is 0 Å². The third-order valence-corrected chi connectivity index (χ3v) is 5.30. The maximum atomic E-state index is 11.5. The fourth-order valence-electron chi connectivity index (χ4n) is 2.99. The molecule has 0 saturated carbocycles. The zero-order chi connectivity index (χ0) is 19.5. The fraction of sp³-hybridized carbons (Fsp3) is 1.00. The first-order valence-corrected chi connectivity index (χ1v) is 12.1. The molecule has 0 radical (unpaired) electrons. The molecule has 26 heavy (non-hydrogen) atoms.